The number of nitrogens with one attached hydrogen (secondary N) is 1. The van der Waals surface area contributed by atoms with Gasteiger partial charge in [0.15, 0.2) is 5.16 Å². The third-order valence-corrected chi connectivity index (χ3v) is 6.03. The van der Waals surface area contributed by atoms with Crippen LogP contribution in [0, 0.1) is 6.92 Å². The maximum Gasteiger partial charge on any atom is 0.197 e. The van der Waals surface area contributed by atoms with Crippen LogP contribution in [0.4, 0.5) is 0 Å². The van der Waals surface area contributed by atoms with Crippen molar-refractivity contribution in [3.05, 3.63) is 84.2 Å². The second kappa shape index (κ2) is 6.73. The van der Waals surface area contributed by atoms with Gasteiger partial charge in [-0.2, -0.15) is 0 Å². The smallest absolute Gasteiger partial charge is 0.197 e. The molecule has 0 aliphatic heterocycles. The van der Waals surface area contributed by atoms with Gasteiger partial charge < -0.3 is 4.98 Å². The molecule has 6 heteroatoms. The fraction of sp³-hybridized carbons (Fsp3) is 0.0909. The van der Waals surface area contributed by atoms with Gasteiger partial charge >= 0.3 is 0 Å². The Bertz CT molecular complexity index is 1280. The minimum absolute atomic E-state index is 0.356. The highest BCUT2D eigenvalue weighted by Crippen LogP contribution is 2.24. The van der Waals surface area contributed by atoms with E-state index in [-0.39, 0.29) is 0 Å². The van der Waals surface area contributed by atoms with Gasteiger partial charge in [0.05, 0.1) is 39.5 Å². The summed E-state index contributed by atoms with van der Waals surface area (Å²) >= 11 is 0. The minimum atomic E-state index is -1.28. The molecule has 0 aliphatic carbocycles. The van der Waals surface area contributed by atoms with Gasteiger partial charge in [-0.1, -0.05) is 48.0 Å². The number of aromatic nitrogens is 4. The standard InChI is InChI=1S/C22H18N4OS/c1-15-8-10-16(11-9-15)20-13-23-21-17(5-4-12-26(20)21)14-28(27)22-24-18-6-2-3-7-19(18)25-22/h2-13H,14H2,1H3,(H,24,25). The third-order valence-electron chi connectivity index (χ3n) is 4.83. The molecule has 0 spiro atoms. The number of fused-ring (bicyclic) bond motifs is 2. The van der Waals surface area contributed by atoms with Crippen LogP contribution in [0.5, 0.6) is 0 Å². The lowest BCUT2D eigenvalue weighted by Crippen LogP contribution is -2.01. The van der Waals surface area contributed by atoms with Crippen LogP contribution in [-0.2, 0) is 16.6 Å². The second-order valence-corrected chi connectivity index (χ2v) is 8.15. The van der Waals surface area contributed by atoms with E-state index in [1.807, 2.05) is 48.8 Å². The Morgan fingerprint density at radius 2 is 1.86 bits per heavy atom. The normalized spacial score (nSPS) is 12.6. The number of nitrogens with zero attached hydrogens (tertiary/aromatic N) is 3. The molecule has 2 aromatic carbocycles. The highest BCUT2D eigenvalue weighted by atomic mass is 32.2. The fourth-order valence-corrected chi connectivity index (χ4v) is 4.43. The van der Waals surface area contributed by atoms with Crippen molar-refractivity contribution >= 4 is 27.5 Å². The molecule has 0 fully saturated rings. The van der Waals surface area contributed by atoms with Crippen molar-refractivity contribution < 1.29 is 4.21 Å². The maximum atomic E-state index is 12.9. The van der Waals surface area contributed by atoms with Gasteiger partial charge in [-0.05, 0) is 25.1 Å². The summed E-state index contributed by atoms with van der Waals surface area (Å²) in [5.41, 5.74) is 6.82. The summed E-state index contributed by atoms with van der Waals surface area (Å²) in [4.78, 5) is 12.2. The molecular weight excluding hydrogens is 368 g/mol. The van der Waals surface area contributed by atoms with Crippen molar-refractivity contribution in [2.24, 2.45) is 0 Å². The molecule has 3 aromatic heterocycles. The van der Waals surface area contributed by atoms with Crippen molar-refractivity contribution in [3.63, 3.8) is 0 Å². The van der Waals surface area contributed by atoms with E-state index in [0.717, 1.165) is 33.5 Å². The Kier molecular flexibility index (Phi) is 4.06. The van der Waals surface area contributed by atoms with Crippen LogP contribution in [0.1, 0.15) is 11.1 Å². The molecular formula is C22H18N4OS. The first kappa shape index (κ1) is 16.9. The number of hydrogen-bond acceptors (Lipinski definition) is 3. The average molecular weight is 386 g/mol. The zero-order chi connectivity index (χ0) is 19.1. The Balaban J connectivity index is 1.51. The van der Waals surface area contributed by atoms with Crippen LogP contribution >= 0.6 is 0 Å². The number of H-pyrrole nitrogens is 1. The molecule has 0 bridgehead atoms. The predicted octanol–water partition coefficient (Wildman–Crippen LogP) is 4.49. The quantitative estimate of drug-likeness (QED) is 0.495. The number of imidazole rings is 2. The van der Waals surface area contributed by atoms with E-state index in [4.69, 9.17) is 0 Å². The summed E-state index contributed by atoms with van der Waals surface area (Å²) in [6, 6.07) is 20.0. The molecule has 0 saturated carbocycles. The lowest BCUT2D eigenvalue weighted by molar-refractivity contribution is 0.677. The molecule has 1 N–H and O–H groups in total. The lowest BCUT2D eigenvalue weighted by atomic mass is 10.1. The summed E-state index contributed by atoms with van der Waals surface area (Å²) in [5.74, 6) is 0.356. The van der Waals surface area contributed by atoms with Crippen molar-refractivity contribution in [3.8, 4) is 11.3 Å². The van der Waals surface area contributed by atoms with Crippen LogP contribution in [-0.4, -0.2) is 23.6 Å². The van der Waals surface area contributed by atoms with E-state index in [1.165, 1.54) is 5.56 Å². The van der Waals surface area contributed by atoms with Crippen molar-refractivity contribution in [1.29, 1.82) is 0 Å². The van der Waals surface area contributed by atoms with Crippen molar-refractivity contribution in [2.45, 2.75) is 17.8 Å². The number of para-hydroxylation sites is 2. The fourth-order valence-electron chi connectivity index (χ4n) is 3.37. The summed E-state index contributed by atoms with van der Waals surface area (Å²) in [7, 11) is -1.28. The van der Waals surface area contributed by atoms with E-state index < -0.39 is 10.8 Å². The lowest BCUT2D eigenvalue weighted by Gasteiger charge is -2.06. The molecule has 5 nitrogen and oxygen atoms in total. The van der Waals surface area contributed by atoms with E-state index in [1.54, 1.807) is 0 Å². The van der Waals surface area contributed by atoms with Crippen LogP contribution < -0.4 is 0 Å². The van der Waals surface area contributed by atoms with Crippen molar-refractivity contribution in [1.82, 2.24) is 19.4 Å². The summed E-state index contributed by atoms with van der Waals surface area (Å²) < 4.78 is 15.0. The molecule has 28 heavy (non-hydrogen) atoms. The van der Waals surface area contributed by atoms with E-state index in [9.17, 15) is 4.21 Å². The van der Waals surface area contributed by atoms with Gasteiger partial charge in [0.1, 0.15) is 5.65 Å². The number of aryl methyl sites for hydroxylation is 1. The Hall–Kier alpha value is -3.25. The Labute approximate surface area is 164 Å². The van der Waals surface area contributed by atoms with E-state index in [2.05, 4.69) is 50.5 Å². The van der Waals surface area contributed by atoms with Gasteiger partial charge in [0, 0.05) is 17.3 Å². The van der Waals surface area contributed by atoms with Gasteiger partial charge in [-0.3, -0.25) is 8.61 Å². The predicted molar refractivity (Wildman–Crippen MR) is 112 cm³/mol. The van der Waals surface area contributed by atoms with Crippen LogP contribution in [0.2, 0.25) is 0 Å². The number of aromatic amines is 1. The van der Waals surface area contributed by atoms with E-state index in [0.29, 0.717) is 10.9 Å². The molecule has 5 aromatic rings. The van der Waals surface area contributed by atoms with Crippen LogP contribution in [0.3, 0.4) is 0 Å². The number of benzene rings is 2. The SMILES string of the molecule is Cc1ccc(-c2cnc3c(CS(=O)c4nc5ccccc5[nH]4)cccn23)cc1. The molecule has 3 heterocycles. The monoisotopic (exact) mass is 386 g/mol. The molecule has 5 rings (SSSR count). The first-order chi connectivity index (χ1) is 13.7. The van der Waals surface area contributed by atoms with Crippen molar-refractivity contribution in [2.75, 3.05) is 0 Å². The summed E-state index contributed by atoms with van der Waals surface area (Å²) in [6.45, 7) is 2.07. The topological polar surface area (TPSA) is 63.0 Å². The minimum Gasteiger partial charge on any atom is -0.331 e. The molecule has 0 amide bonds. The average Bonchev–Trinajstić information content (AvgIpc) is 3.33. The highest BCUT2D eigenvalue weighted by Gasteiger charge is 2.15. The zero-order valence-electron chi connectivity index (χ0n) is 15.3. The molecule has 0 saturated heterocycles. The highest BCUT2D eigenvalue weighted by molar-refractivity contribution is 7.84. The zero-order valence-corrected chi connectivity index (χ0v) is 16.1. The van der Waals surface area contributed by atoms with Gasteiger partial charge in [0.2, 0.25) is 0 Å². The summed E-state index contributed by atoms with van der Waals surface area (Å²) in [6.07, 6.45) is 3.86. The maximum absolute atomic E-state index is 12.9. The molecule has 1 unspecified atom stereocenters. The molecule has 138 valence electrons. The van der Waals surface area contributed by atoms with Crippen LogP contribution in [0.15, 0.2) is 78.2 Å². The first-order valence-electron chi connectivity index (χ1n) is 9.04. The number of hydrogen-bond donors (Lipinski definition) is 1. The molecule has 0 radical (unpaired) electrons. The number of pyridine rings is 1. The van der Waals surface area contributed by atoms with Gasteiger partial charge in [0.25, 0.3) is 0 Å². The van der Waals surface area contributed by atoms with Crippen LogP contribution in [0.25, 0.3) is 27.9 Å². The Morgan fingerprint density at radius 3 is 2.68 bits per heavy atom. The summed E-state index contributed by atoms with van der Waals surface area (Å²) in [5, 5.41) is 0.494. The van der Waals surface area contributed by atoms with Gasteiger partial charge in [-0.15, -0.1) is 0 Å². The molecule has 1 atom stereocenters. The van der Waals surface area contributed by atoms with E-state index >= 15 is 0 Å². The largest absolute Gasteiger partial charge is 0.331 e. The third kappa shape index (κ3) is 2.92. The first-order valence-corrected chi connectivity index (χ1v) is 10.4. The Morgan fingerprint density at radius 1 is 1.04 bits per heavy atom. The van der Waals surface area contributed by atoms with Gasteiger partial charge in [-0.25, -0.2) is 9.97 Å². The number of rotatable bonds is 4. The molecule has 0 aliphatic rings. The second-order valence-electron chi connectivity index (χ2n) is 6.79.